The SMILES string of the molecule is CC1(C)[C@H](C(=O)O)[C@H]1C(=O)Nc1ccccc1C(=O)NCc1ccco1. The highest BCUT2D eigenvalue weighted by atomic mass is 16.4. The number of furan rings is 1. The fourth-order valence-electron chi connectivity index (χ4n) is 3.26. The van der Waals surface area contributed by atoms with Gasteiger partial charge in [0.25, 0.3) is 5.91 Å². The van der Waals surface area contributed by atoms with Crippen LogP contribution < -0.4 is 10.6 Å². The van der Waals surface area contributed by atoms with Crippen LogP contribution in [-0.4, -0.2) is 22.9 Å². The zero-order valence-electron chi connectivity index (χ0n) is 14.5. The first kappa shape index (κ1) is 17.7. The molecule has 1 aliphatic carbocycles. The van der Waals surface area contributed by atoms with Crippen LogP contribution in [0.4, 0.5) is 5.69 Å². The first-order chi connectivity index (χ1) is 12.3. The van der Waals surface area contributed by atoms with Gasteiger partial charge in [0.15, 0.2) is 0 Å². The lowest BCUT2D eigenvalue weighted by molar-refractivity contribution is -0.140. The Morgan fingerprint density at radius 1 is 1.12 bits per heavy atom. The van der Waals surface area contributed by atoms with Crippen LogP contribution in [0.1, 0.15) is 30.0 Å². The summed E-state index contributed by atoms with van der Waals surface area (Å²) in [6, 6.07) is 10.1. The Morgan fingerprint density at radius 3 is 2.46 bits per heavy atom. The van der Waals surface area contributed by atoms with Gasteiger partial charge in [-0.25, -0.2) is 0 Å². The number of carbonyl (C=O) groups excluding carboxylic acids is 2. The Labute approximate surface area is 150 Å². The summed E-state index contributed by atoms with van der Waals surface area (Å²) in [6.45, 7) is 3.72. The highest BCUT2D eigenvalue weighted by molar-refractivity contribution is 6.06. The third-order valence-electron chi connectivity index (χ3n) is 4.81. The van der Waals surface area contributed by atoms with Crippen molar-refractivity contribution in [3.63, 3.8) is 0 Å². The summed E-state index contributed by atoms with van der Waals surface area (Å²) < 4.78 is 5.17. The van der Waals surface area contributed by atoms with Crippen LogP contribution in [0, 0.1) is 17.3 Å². The number of aliphatic carboxylic acids is 1. The fourth-order valence-corrected chi connectivity index (χ4v) is 3.26. The van der Waals surface area contributed by atoms with Gasteiger partial charge in [-0.05, 0) is 29.7 Å². The van der Waals surface area contributed by atoms with Crippen molar-refractivity contribution in [2.45, 2.75) is 20.4 Å². The quantitative estimate of drug-likeness (QED) is 0.737. The summed E-state index contributed by atoms with van der Waals surface area (Å²) in [5, 5.41) is 14.7. The van der Waals surface area contributed by atoms with E-state index in [0.717, 1.165) is 0 Å². The Kier molecular flexibility index (Phi) is 4.54. The maximum absolute atomic E-state index is 12.5. The zero-order chi connectivity index (χ0) is 18.9. The summed E-state index contributed by atoms with van der Waals surface area (Å²) >= 11 is 0. The molecule has 2 aromatic rings. The molecule has 1 fully saturated rings. The third kappa shape index (κ3) is 3.33. The van der Waals surface area contributed by atoms with Crippen molar-refractivity contribution < 1.29 is 23.9 Å². The molecule has 0 spiro atoms. The Bertz CT molecular complexity index is 841. The van der Waals surface area contributed by atoms with Crippen molar-refractivity contribution in [2.24, 2.45) is 17.3 Å². The molecule has 1 aliphatic rings. The second-order valence-corrected chi connectivity index (χ2v) is 6.91. The minimum atomic E-state index is -0.986. The lowest BCUT2D eigenvalue weighted by atomic mass is 10.1. The molecule has 0 radical (unpaired) electrons. The van der Waals surface area contributed by atoms with Gasteiger partial charge >= 0.3 is 5.97 Å². The Balaban J connectivity index is 1.70. The van der Waals surface area contributed by atoms with Crippen molar-refractivity contribution >= 4 is 23.5 Å². The largest absolute Gasteiger partial charge is 0.481 e. The molecule has 2 amide bonds. The van der Waals surface area contributed by atoms with E-state index < -0.39 is 29.1 Å². The topological polar surface area (TPSA) is 109 Å². The number of anilines is 1. The van der Waals surface area contributed by atoms with Gasteiger partial charge < -0.3 is 20.2 Å². The third-order valence-corrected chi connectivity index (χ3v) is 4.81. The molecule has 3 N–H and O–H groups in total. The number of carboxylic acid groups (broad SMARTS) is 1. The normalized spacial score (nSPS) is 20.2. The van der Waals surface area contributed by atoms with E-state index in [-0.39, 0.29) is 12.5 Å². The Morgan fingerprint density at radius 2 is 1.85 bits per heavy atom. The molecule has 136 valence electrons. The summed E-state index contributed by atoms with van der Waals surface area (Å²) in [5.74, 6) is -2.47. The molecule has 2 atom stereocenters. The van der Waals surface area contributed by atoms with Crippen molar-refractivity contribution in [3.8, 4) is 0 Å². The van der Waals surface area contributed by atoms with E-state index in [2.05, 4.69) is 10.6 Å². The van der Waals surface area contributed by atoms with Gasteiger partial charge in [0.1, 0.15) is 5.76 Å². The number of hydrogen-bond acceptors (Lipinski definition) is 4. The van der Waals surface area contributed by atoms with Gasteiger partial charge in [-0.3, -0.25) is 14.4 Å². The first-order valence-electron chi connectivity index (χ1n) is 8.25. The molecule has 1 aromatic heterocycles. The fraction of sp³-hybridized carbons (Fsp3) is 0.316. The van der Waals surface area contributed by atoms with E-state index in [9.17, 15) is 19.5 Å². The smallest absolute Gasteiger partial charge is 0.307 e. The number of hydrogen-bond donors (Lipinski definition) is 3. The molecule has 0 aliphatic heterocycles. The zero-order valence-corrected chi connectivity index (χ0v) is 14.5. The molecule has 7 nitrogen and oxygen atoms in total. The average molecular weight is 356 g/mol. The first-order valence-corrected chi connectivity index (χ1v) is 8.25. The van der Waals surface area contributed by atoms with Crippen LogP contribution in [-0.2, 0) is 16.1 Å². The van der Waals surface area contributed by atoms with Crippen molar-refractivity contribution in [2.75, 3.05) is 5.32 Å². The molecule has 7 heteroatoms. The molecular weight excluding hydrogens is 336 g/mol. The summed E-state index contributed by atoms with van der Waals surface area (Å²) in [6.07, 6.45) is 1.52. The molecule has 0 saturated heterocycles. The van der Waals surface area contributed by atoms with Crippen LogP contribution in [0.3, 0.4) is 0 Å². The minimum Gasteiger partial charge on any atom is -0.481 e. The van der Waals surface area contributed by atoms with Crippen molar-refractivity contribution in [1.82, 2.24) is 5.32 Å². The highest BCUT2D eigenvalue weighted by Crippen LogP contribution is 2.58. The van der Waals surface area contributed by atoms with Gasteiger partial charge in [0.05, 0.1) is 35.9 Å². The molecule has 1 heterocycles. The van der Waals surface area contributed by atoms with Gasteiger partial charge in [-0.2, -0.15) is 0 Å². The van der Waals surface area contributed by atoms with E-state index >= 15 is 0 Å². The maximum Gasteiger partial charge on any atom is 0.307 e. The monoisotopic (exact) mass is 356 g/mol. The number of para-hydroxylation sites is 1. The molecule has 0 bridgehead atoms. The van der Waals surface area contributed by atoms with E-state index in [4.69, 9.17) is 4.42 Å². The molecule has 3 rings (SSSR count). The average Bonchev–Trinajstić information content (AvgIpc) is 2.94. The lowest BCUT2D eigenvalue weighted by Gasteiger charge is -2.11. The molecule has 0 unspecified atom stereocenters. The summed E-state index contributed by atoms with van der Waals surface area (Å²) in [5.41, 5.74) is 0.0471. The van der Waals surface area contributed by atoms with Crippen molar-refractivity contribution in [3.05, 3.63) is 54.0 Å². The second-order valence-electron chi connectivity index (χ2n) is 6.91. The number of amides is 2. The lowest BCUT2D eigenvalue weighted by Crippen LogP contribution is -2.25. The molecule has 1 aromatic carbocycles. The summed E-state index contributed by atoms with van der Waals surface area (Å²) in [4.78, 5) is 36.2. The number of rotatable bonds is 6. The predicted octanol–water partition coefficient (Wildman–Crippen LogP) is 2.50. The molecular formula is C19H20N2O5. The molecule has 26 heavy (non-hydrogen) atoms. The molecule has 1 saturated carbocycles. The minimum absolute atomic E-state index is 0.227. The second kappa shape index (κ2) is 6.67. The van der Waals surface area contributed by atoms with E-state index in [1.165, 1.54) is 6.26 Å². The number of nitrogens with one attached hydrogen (secondary N) is 2. The van der Waals surface area contributed by atoms with Crippen molar-refractivity contribution in [1.29, 1.82) is 0 Å². The van der Waals surface area contributed by atoms with E-state index in [1.807, 2.05) is 0 Å². The van der Waals surface area contributed by atoms with Crippen LogP contribution in [0.25, 0.3) is 0 Å². The van der Waals surface area contributed by atoms with E-state index in [1.54, 1.807) is 50.2 Å². The maximum atomic E-state index is 12.5. The Hall–Kier alpha value is -3.09. The number of carbonyl (C=O) groups is 3. The van der Waals surface area contributed by atoms with Gasteiger partial charge in [0.2, 0.25) is 5.91 Å². The van der Waals surface area contributed by atoms with Crippen LogP contribution in [0.15, 0.2) is 47.1 Å². The van der Waals surface area contributed by atoms with Gasteiger partial charge in [0, 0.05) is 0 Å². The van der Waals surface area contributed by atoms with Crippen LogP contribution in [0.2, 0.25) is 0 Å². The van der Waals surface area contributed by atoms with Crippen LogP contribution in [0.5, 0.6) is 0 Å². The van der Waals surface area contributed by atoms with Gasteiger partial charge in [-0.15, -0.1) is 0 Å². The number of benzene rings is 1. The summed E-state index contributed by atoms with van der Waals surface area (Å²) in [7, 11) is 0. The standard InChI is InChI=1S/C19H20N2O5/c1-19(2)14(15(19)18(24)25)17(23)21-13-8-4-3-7-12(13)16(22)20-10-11-6-5-9-26-11/h3-9,14-15H,10H2,1-2H3,(H,20,22)(H,21,23)(H,24,25)/t14-,15-/m0/s1. The van der Waals surface area contributed by atoms with Crippen LogP contribution >= 0.6 is 0 Å². The highest BCUT2D eigenvalue weighted by Gasteiger charge is 2.65. The number of carboxylic acids is 1. The van der Waals surface area contributed by atoms with E-state index in [0.29, 0.717) is 17.0 Å². The van der Waals surface area contributed by atoms with Gasteiger partial charge in [-0.1, -0.05) is 26.0 Å². The predicted molar refractivity (Wildman–Crippen MR) is 93.3 cm³/mol.